The molecule has 0 spiro atoms. The fourth-order valence-corrected chi connectivity index (χ4v) is 5.91. The topological polar surface area (TPSA) is 110 Å². The van der Waals surface area contributed by atoms with E-state index < -0.39 is 29.4 Å². The summed E-state index contributed by atoms with van der Waals surface area (Å²) in [6.07, 6.45) is -1.15. The van der Waals surface area contributed by atoms with Crippen LogP contribution in [0.25, 0.3) is 11.5 Å². The molecule has 3 atom stereocenters. The number of alkyl carbamates (subject to hydrolysis) is 1. The van der Waals surface area contributed by atoms with E-state index in [0.717, 1.165) is 16.3 Å². The average molecular weight is 592 g/mol. The predicted molar refractivity (Wildman–Crippen MR) is 157 cm³/mol. The van der Waals surface area contributed by atoms with E-state index in [1.165, 1.54) is 11.3 Å². The van der Waals surface area contributed by atoms with Crippen LogP contribution in [0.1, 0.15) is 72.7 Å². The van der Waals surface area contributed by atoms with Crippen molar-refractivity contribution in [2.75, 3.05) is 6.54 Å². The van der Waals surface area contributed by atoms with Gasteiger partial charge in [-0.1, -0.05) is 36.4 Å². The molecule has 0 radical (unpaired) electrons. The van der Waals surface area contributed by atoms with Crippen molar-refractivity contribution >= 4 is 23.3 Å². The number of alkyl halides is 1. The number of rotatable bonds is 7. The number of aromatic nitrogens is 3. The minimum Gasteiger partial charge on any atom is -0.444 e. The van der Waals surface area contributed by atoms with E-state index in [4.69, 9.17) is 9.15 Å². The van der Waals surface area contributed by atoms with E-state index in [0.29, 0.717) is 17.5 Å². The average Bonchev–Trinajstić information content (AvgIpc) is 3.68. The molecule has 2 aromatic carbocycles. The molecule has 1 fully saturated rings. The van der Waals surface area contributed by atoms with Gasteiger partial charge >= 0.3 is 6.09 Å². The molecule has 1 unspecified atom stereocenters. The highest BCUT2D eigenvalue weighted by atomic mass is 32.1. The van der Waals surface area contributed by atoms with Gasteiger partial charge in [0.25, 0.3) is 5.91 Å². The smallest absolute Gasteiger partial charge is 0.408 e. The van der Waals surface area contributed by atoms with Gasteiger partial charge in [-0.25, -0.2) is 14.2 Å². The second-order valence-corrected chi connectivity index (χ2v) is 12.6. The number of aryl methyl sites for hydroxylation is 1. The lowest BCUT2D eigenvalue weighted by molar-refractivity contribution is 0.0443. The second-order valence-electron chi connectivity index (χ2n) is 11.7. The van der Waals surface area contributed by atoms with Crippen LogP contribution in [-0.2, 0) is 16.7 Å². The molecule has 1 aliphatic rings. The van der Waals surface area contributed by atoms with Crippen molar-refractivity contribution in [1.29, 1.82) is 0 Å². The maximum Gasteiger partial charge on any atom is 0.408 e. The van der Waals surface area contributed by atoms with Gasteiger partial charge < -0.3 is 19.4 Å². The van der Waals surface area contributed by atoms with Crippen LogP contribution in [0.3, 0.4) is 0 Å². The number of halogens is 1. The van der Waals surface area contributed by atoms with Crippen LogP contribution >= 0.6 is 11.3 Å². The summed E-state index contributed by atoms with van der Waals surface area (Å²) in [6, 6.07) is 16.0. The first kappa shape index (κ1) is 29.4. The van der Waals surface area contributed by atoms with Gasteiger partial charge in [0.05, 0.1) is 12.6 Å². The fourth-order valence-electron chi connectivity index (χ4n) is 4.99. The van der Waals surface area contributed by atoms with E-state index in [2.05, 4.69) is 20.5 Å². The van der Waals surface area contributed by atoms with E-state index in [-0.39, 0.29) is 30.7 Å². The van der Waals surface area contributed by atoms with E-state index in [1.807, 2.05) is 42.6 Å². The normalized spacial score (nSPS) is 18.5. The Morgan fingerprint density at radius 1 is 1.12 bits per heavy atom. The molecule has 2 aromatic heterocycles. The number of carbonyl (C=O) groups is 2. The van der Waals surface area contributed by atoms with E-state index >= 15 is 0 Å². The minimum absolute atomic E-state index is 0.00519. The van der Waals surface area contributed by atoms with Crippen LogP contribution in [0.2, 0.25) is 0 Å². The van der Waals surface area contributed by atoms with Gasteiger partial charge in [0.1, 0.15) is 22.3 Å². The Bertz CT molecular complexity index is 1570. The van der Waals surface area contributed by atoms with Gasteiger partial charge in [-0.15, -0.1) is 21.5 Å². The molecule has 5 rings (SSSR count). The van der Waals surface area contributed by atoms with Crippen molar-refractivity contribution in [3.05, 3.63) is 87.7 Å². The summed E-state index contributed by atoms with van der Waals surface area (Å²) in [5.41, 5.74) is 0.909. The summed E-state index contributed by atoms with van der Waals surface area (Å²) in [4.78, 5) is 32.4. The molecule has 0 aliphatic carbocycles. The van der Waals surface area contributed by atoms with Crippen molar-refractivity contribution in [3.8, 4) is 11.5 Å². The van der Waals surface area contributed by atoms with Crippen molar-refractivity contribution in [2.45, 2.75) is 70.8 Å². The van der Waals surface area contributed by atoms with Gasteiger partial charge in [-0.3, -0.25) is 4.79 Å². The summed E-state index contributed by atoms with van der Waals surface area (Å²) in [6.45, 7) is 9.04. The Labute approximate surface area is 248 Å². The lowest BCUT2D eigenvalue weighted by Gasteiger charge is -2.29. The largest absolute Gasteiger partial charge is 0.444 e. The molecule has 11 heteroatoms. The molecule has 4 aromatic rings. The zero-order valence-corrected chi connectivity index (χ0v) is 25.1. The number of benzene rings is 2. The lowest BCUT2D eigenvalue weighted by atomic mass is 9.92. The number of ether oxygens (including phenoxy) is 1. The highest BCUT2D eigenvalue weighted by molar-refractivity contribution is 7.09. The predicted octanol–water partition coefficient (Wildman–Crippen LogP) is 6.41. The second kappa shape index (κ2) is 11.6. The number of carbonyl (C=O) groups excluding carboxylic acids is 2. The molecular formula is C31H34FN5O4S. The van der Waals surface area contributed by atoms with Gasteiger partial charge in [-0.2, -0.15) is 0 Å². The van der Waals surface area contributed by atoms with E-state index in [1.54, 1.807) is 56.9 Å². The number of amides is 2. The van der Waals surface area contributed by atoms with Crippen molar-refractivity contribution in [1.82, 2.24) is 25.4 Å². The summed E-state index contributed by atoms with van der Waals surface area (Å²) in [5.74, 6) is 0.0693. The van der Waals surface area contributed by atoms with Crippen LogP contribution in [0.4, 0.5) is 9.18 Å². The zero-order chi connectivity index (χ0) is 30.1. The maximum atomic E-state index is 14.5. The molecular weight excluding hydrogens is 557 g/mol. The highest BCUT2D eigenvalue weighted by Crippen LogP contribution is 2.37. The molecule has 3 heterocycles. The number of nitrogens with one attached hydrogen (secondary N) is 1. The van der Waals surface area contributed by atoms with Crippen LogP contribution in [0.15, 0.2) is 64.4 Å². The Morgan fingerprint density at radius 2 is 1.88 bits per heavy atom. The summed E-state index contributed by atoms with van der Waals surface area (Å²) in [7, 11) is 0. The first-order valence-electron chi connectivity index (χ1n) is 13.8. The molecule has 0 bridgehead atoms. The third-order valence-corrected chi connectivity index (χ3v) is 7.93. The Morgan fingerprint density at radius 3 is 2.57 bits per heavy atom. The summed E-state index contributed by atoms with van der Waals surface area (Å²) in [5, 5.41) is 14.1. The number of nitrogens with zero attached hydrogens (tertiary/aromatic N) is 4. The molecule has 2 amide bonds. The third-order valence-electron chi connectivity index (χ3n) is 6.86. The molecule has 9 nitrogen and oxygen atoms in total. The Balaban J connectivity index is 1.41. The van der Waals surface area contributed by atoms with Crippen LogP contribution in [0.5, 0.6) is 0 Å². The standard InChI is InChI=1S/C31H34FN5O4S/c1-19-18-42-26(33-19)24-15-23(32)17-37(24)27(38)22-13-9-12-21(14-22)25-35-36-28(40-25)31(5,16-20-10-7-6-8-11-20)34-29(39)41-30(2,3)4/h6-14,18,23-24H,15-17H2,1-5H3,(H,34,39)/t23-,24+,31?/m0/s1. The molecule has 1 saturated heterocycles. The number of likely N-dealkylation sites (tertiary alicyclic amines) is 1. The summed E-state index contributed by atoms with van der Waals surface area (Å²) >= 11 is 1.43. The molecule has 220 valence electrons. The first-order chi connectivity index (χ1) is 19.9. The first-order valence-corrected chi connectivity index (χ1v) is 14.6. The number of hydrogen-bond acceptors (Lipinski definition) is 8. The number of hydrogen-bond donors (Lipinski definition) is 1. The third kappa shape index (κ3) is 6.67. The van der Waals surface area contributed by atoms with Gasteiger partial charge in [-0.05, 0) is 58.4 Å². The van der Waals surface area contributed by atoms with Gasteiger partial charge in [0.15, 0.2) is 0 Å². The quantitative estimate of drug-likeness (QED) is 0.264. The van der Waals surface area contributed by atoms with Crippen LogP contribution < -0.4 is 5.32 Å². The Kier molecular flexibility index (Phi) is 8.14. The SMILES string of the molecule is Cc1csc([C@H]2C[C@H](F)CN2C(=O)c2cccc(-c3nnc(C(C)(Cc4ccccc4)NC(=O)OC(C)(C)C)o3)c2)n1. The molecule has 0 saturated carbocycles. The van der Waals surface area contributed by atoms with Gasteiger partial charge in [0.2, 0.25) is 11.8 Å². The summed E-state index contributed by atoms with van der Waals surface area (Å²) < 4.78 is 26.1. The van der Waals surface area contributed by atoms with Crippen LogP contribution in [0, 0.1) is 6.92 Å². The molecule has 1 N–H and O–H groups in total. The zero-order valence-electron chi connectivity index (χ0n) is 24.3. The van der Waals surface area contributed by atoms with E-state index in [9.17, 15) is 14.0 Å². The molecule has 1 aliphatic heterocycles. The highest BCUT2D eigenvalue weighted by Gasteiger charge is 2.39. The van der Waals surface area contributed by atoms with Crippen molar-refractivity contribution in [2.24, 2.45) is 0 Å². The molecule has 42 heavy (non-hydrogen) atoms. The van der Waals surface area contributed by atoms with Crippen LogP contribution in [-0.4, -0.2) is 50.4 Å². The van der Waals surface area contributed by atoms with Gasteiger partial charge in [0, 0.05) is 35.0 Å². The fraction of sp³-hybridized carbons (Fsp3) is 0.387. The lowest BCUT2D eigenvalue weighted by Crippen LogP contribution is -2.47. The minimum atomic E-state index is -1.12. The number of thiazole rings is 1. The maximum absolute atomic E-state index is 14.5. The van der Waals surface area contributed by atoms with Crippen molar-refractivity contribution in [3.63, 3.8) is 0 Å². The van der Waals surface area contributed by atoms with Crippen molar-refractivity contribution < 1.29 is 23.1 Å². The Hall–Kier alpha value is -4.12. The monoisotopic (exact) mass is 591 g/mol.